The Balaban J connectivity index is 0.00000264. The van der Waals surface area contributed by atoms with Gasteiger partial charge in [-0.15, -0.1) is 24.8 Å². The van der Waals surface area contributed by atoms with E-state index in [0.29, 0.717) is 50.4 Å². The number of hydrogen-bond donors (Lipinski definition) is 2. The Kier molecular flexibility index (Phi) is 9.65. The number of pyridine rings is 1. The minimum absolute atomic E-state index is 0. The molecule has 2 amide bonds. The monoisotopic (exact) mass is 377 g/mol. The third-order valence-electron chi connectivity index (χ3n) is 3.80. The van der Waals surface area contributed by atoms with Crippen LogP contribution in [0, 0.1) is 0 Å². The van der Waals surface area contributed by atoms with Gasteiger partial charge in [0.15, 0.2) is 0 Å². The average Bonchev–Trinajstić information content (AvgIpc) is 2.52. The van der Waals surface area contributed by atoms with Gasteiger partial charge in [-0.25, -0.2) is 4.98 Å². The first-order valence-electron chi connectivity index (χ1n) is 7.52. The molecule has 1 fully saturated rings. The highest BCUT2D eigenvalue weighted by atomic mass is 35.5. The van der Waals surface area contributed by atoms with Crippen LogP contribution in [-0.2, 0) is 4.79 Å². The van der Waals surface area contributed by atoms with Gasteiger partial charge in [-0.2, -0.15) is 0 Å². The summed E-state index contributed by atoms with van der Waals surface area (Å²) < 4.78 is 0. The number of anilines is 1. The van der Waals surface area contributed by atoms with Crippen molar-refractivity contribution in [1.82, 2.24) is 9.88 Å². The maximum absolute atomic E-state index is 12.1. The van der Waals surface area contributed by atoms with Gasteiger partial charge in [-0.3, -0.25) is 9.59 Å². The highest BCUT2D eigenvalue weighted by molar-refractivity contribution is 5.97. The molecule has 1 aromatic heterocycles. The molecule has 0 radical (unpaired) electrons. The first-order chi connectivity index (χ1) is 10.5. The van der Waals surface area contributed by atoms with Crippen LogP contribution in [0.15, 0.2) is 18.3 Å². The first kappa shape index (κ1) is 22.4. The molecule has 1 aliphatic rings. The summed E-state index contributed by atoms with van der Waals surface area (Å²) in [5.74, 6) is 0.240. The van der Waals surface area contributed by atoms with Gasteiger partial charge in [0.05, 0.1) is 5.56 Å². The van der Waals surface area contributed by atoms with E-state index in [0.717, 1.165) is 0 Å². The Hall–Kier alpha value is -1.57. The molecule has 24 heavy (non-hydrogen) atoms. The number of piperazine rings is 1. The standard InChI is InChI=1S/C15H23N5O2.2ClH/c1-11(16)4-5-13(21)19-7-9-20(10-8-19)15-12(14(17)22)3-2-6-18-15;;/h2-3,6,11H,4-5,7-10,16H2,1H3,(H2,17,22);2*1H. The summed E-state index contributed by atoms with van der Waals surface area (Å²) in [6.07, 6.45) is 2.82. The molecule has 136 valence electrons. The lowest BCUT2D eigenvalue weighted by Crippen LogP contribution is -2.49. The third-order valence-corrected chi connectivity index (χ3v) is 3.80. The summed E-state index contributed by atoms with van der Waals surface area (Å²) in [6, 6.07) is 3.40. The van der Waals surface area contributed by atoms with Crippen molar-refractivity contribution in [3.05, 3.63) is 23.9 Å². The lowest BCUT2D eigenvalue weighted by Gasteiger charge is -2.36. The molecule has 1 aromatic rings. The highest BCUT2D eigenvalue weighted by Crippen LogP contribution is 2.18. The smallest absolute Gasteiger partial charge is 0.252 e. The van der Waals surface area contributed by atoms with E-state index in [4.69, 9.17) is 11.5 Å². The van der Waals surface area contributed by atoms with Gasteiger partial charge < -0.3 is 21.3 Å². The van der Waals surface area contributed by atoms with E-state index < -0.39 is 5.91 Å². The molecule has 2 heterocycles. The van der Waals surface area contributed by atoms with Gasteiger partial charge in [0.2, 0.25) is 5.91 Å². The summed E-state index contributed by atoms with van der Waals surface area (Å²) in [7, 11) is 0. The van der Waals surface area contributed by atoms with Crippen LogP contribution in [0.5, 0.6) is 0 Å². The van der Waals surface area contributed by atoms with Crippen LogP contribution < -0.4 is 16.4 Å². The Morgan fingerprint density at radius 2 is 1.88 bits per heavy atom. The maximum atomic E-state index is 12.1. The van der Waals surface area contributed by atoms with E-state index in [-0.39, 0.29) is 36.8 Å². The number of nitrogens with zero attached hydrogens (tertiary/aromatic N) is 3. The van der Waals surface area contributed by atoms with Crippen molar-refractivity contribution in [3.63, 3.8) is 0 Å². The number of carbonyl (C=O) groups is 2. The molecule has 1 saturated heterocycles. The maximum Gasteiger partial charge on any atom is 0.252 e. The molecule has 0 aliphatic carbocycles. The van der Waals surface area contributed by atoms with Crippen LogP contribution in [0.4, 0.5) is 5.82 Å². The molecule has 4 N–H and O–H groups in total. The molecule has 7 nitrogen and oxygen atoms in total. The van der Waals surface area contributed by atoms with Gasteiger partial charge in [-0.05, 0) is 25.5 Å². The van der Waals surface area contributed by atoms with Crippen LogP contribution in [0.2, 0.25) is 0 Å². The van der Waals surface area contributed by atoms with Crippen molar-refractivity contribution in [2.75, 3.05) is 31.1 Å². The van der Waals surface area contributed by atoms with Crippen LogP contribution >= 0.6 is 24.8 Å². The van der Waals surface area contributed by atoms with Crippen molar-refractivity contribution in [2.24, 2.45) is 11.5 Å². The second kappa shape index (κ2) is 10.3. The molecule has 0 bridgehead atoms. The normalized spacial score (nSPS) is 15.1. The van der Waals surface area contributed by atoms with Gasteiger partial charge in [0, 0.05) is 44.8 Å². The fraction of sp³-hybridized carbons (Fsp3) is 0.533. The Labute approximate surface area is 154 Å². The quantitative estimate of drug-likeness (QED) is 0.789. The minimum atomic E-state index is -0.487. The van der Waals surface area contributed by atoms with Crippen LogP contribution in [0.25, 0.3) is 0 Å². The van der Waals surface area contributed by atoms with Gasteiger partial charge in [0.1, 0.15) is 5.82 Å². The summed E-state index contributed by atoms with van der Waals surface area (Å²) in [4.78, 5) is 31.6. The Bertz CT molecular complexity index is 548. The van der Waals surface area contributed by atoms with E-state index in [1.54, 1.807) is 18.3 Å². The van der Waals surface area contributed by atoms with Crippen molar-refractivity contribution < 1.29 is 9.59 Å². The molecule has 1 aliphatic heterocycles. The molecule has 0 spiro atoms. The number of rotatable bonds is 5. The van der Waals surface area contributed by atoms with E-state index in [2.05, 4.69) is 4.98 Å². The summed E-state index contributed by atoms with van der Waals surface area (Å²) >= 11 is 0. The zero-order chi connectivity index (χ0) is 16.1. The number of aromatic nitrogens is 1. The van der Waals surface area contributed by atoms with Crippen LogP contribution in [0.1, 0.15) is 30.1 Å². The van der Waals surface area contributed by atoms with Crippen molar-refractivity contribution >= 4 is 42.4 Å². The first-order valence-corrected chi connectivity index (χ1v) is 7.52. The predicted molar refractivity (Wildman–Crippen MR) is 98.9 cm³/mol. The lowest BCUT2D eigenvalue weighted by atomic mass is 10.1. The molecule has 1 atom stereocenters. The van der Waals surface area contributed by atoms with Gasteiger partial charge in [-0.1, -0.05) is 0 Å². The van der Waals surface area contributed by atoms with Crippen molar-refractivity contribution in [3.8, 4) is 0 Å². The van der Waals surface area contributed by atoms with Crippen LogP contribution in [0.3, 0.4) is 0 Å². The molecule has 9 heteroatoms. The van der Waals surface area contributed by atoms with E-state index in [9.17, 15) is 9.59 Å². The highest BCUT2D eigenvalue weighted by Gasteiger charge is 2.24. The summed E-state index contributed by atoms with van der Waals surface area (Å²) in [5.41, 5.74) is 11.5. The Morgan fingerprint density at radius 3 is 2.42 bits per heavy atom. The van der Waals surface area contributed by atoms with E-state index in [1.807, 2.05) is 16.7 Å². The van der Waals surface area contributed by atoms with E-state index >= 15 is 0 Å². The zero-order valence-corrected chi connectivity index (χ0v) is 15.3. The fourth-order valence-electron chi connectivity index (χ4n) is 2.52. The number of hydrogen-bond acceptors (Lipinski definition) is 5. The van der Waals surface area contributed by atoms with Crippen LogP contribution in [-0.4, -0.2) is 53.9 Å². The number of halogens is 2. The predicted octanol–water partition coefficient (Wildman–Crippen LogP) is 0.800. The zero-order valence-electron chi connectivity index (χ0n) is 13.7. The molecule has 1 unspecified atom stereocenters. The second-order valence-electron chi connectivity index (χ2n) is 5.62. The van der Waals surface area contributed by atoms with Crippen molar-refractivity contribution in [2.45, 2.75) is 25.8 Å². The number of nitrogens with two attached hydrogens (primary N) is 2. The third kappa shape index (κ3) is 5.81. The summed E-state index contributed by atoms with van der Waals surface area (Å²) in [5, 5.41) is 0. The van der Waals surface area contributed by atoms with Crippen molar-refractivity contribution in [1.29, 1.82) is 0 Å². The molecule has 0 aromatic carbocycles. The topological polar surface area (TPSA) is 106 Å². The van der Waals surface area contributed by atoms with Gasteiger partial charge in [0.25, 0.3) is 5.91 Å². The second-order valence-corrected chi connectivity index (χ2v) is 5.62. The molecule has 2 rings (SSSR count). The molecular formula is C15H25Cl2N5O2. The number of primary amides is 1. The largest absolute Gasteiger partial charge is 0.365 e. The van der Waals surface area contributed by atoms with E-state index in [1.165, 1.54) is 0 Å². The fourth-order valence-corrected chi connectivity index (χ4v) is 2.52. The SMILES string of the molecule is CC(N)CCC(=O)N1CCN(c2ncccc2C(N)=O)CC1.Cl.Cl. The van der Waals surface area contributed by atoms with Gasteiger partial charge >= 0.3 is 0 Å². The number of carbonyl (C=O) groups excluding carboxylic acids is 2. The lowest BCUT2D eigenvalue weighted by molar-refractivity contribution is -0.131. The average molecular weight is 378 g/mol. The summed E-state index contributed by atoms with van der Waals surface area (Å²) in [6.45, 7) is 4.42. The minimum Gasteiger partial charge on any atom is -0.365 e. The Morgan fingerprint density at radius 1 is 1.25 bits per heavy atom. The molecular weight excluding hydrogens is 353 g/mol. The number of amides is 2. The molecule has 0 saturated carbocycles.